The third-order valence-electron chi connectivity index (χ3n) is 10.5. The normalized spacial score (nSPS) is 11.8. The van der Waals surface area contributed by atoms with Gasteiger partial charge in [-0.3, -0.25) is 0 Å². The van der Waals surface area contributed by atoms with Gasteiger partial charge in [0.25, 0.3) is 0 Å². The molecule has 0 saturated heterocycles. The van der Waals surface area contributed by atoms with Gasteiger partial charge in [0.05, 0.1) is 33.8 Å². The Balaban J connectivity index is 1.45. The number of aromatic amines is 2. The van der Waals surface area contributed by atoms with Crippen molar-refractivity contribution in [2.24, 2.45) is 0 Å². The lowest BCUT2D eigenvalue weighted by atomic mass is 9.94. The molecule has 2 aliphatic rings. The summed E-state index contributed by atoms with van der Waals surface area (Å²) in [7, 11) is 0. The molecule has 4 heteroatoms. The van der Waals surface area contributed by atoms with Crippen molar-refractivity contribution in [2.75, 3.05) is 0 Å². The molecule has 0 unspecified atom stereocenters. The molecule has 242 valence electrons. The quantitative estimate of drug-likeness (QED) is 0.194. The lowest BCUT2D eigenvalue weighted by Crippen LogP contribution is -1.86. The molecule has 5 heterocycles. The third kappa shape index (κ3) is 4.28. The predicted molar refractivity (Wildman–Crippen MR) is 216 cm³/mol. The lowest BCUT2D eigenvalue weighted by molar-refractivity contribution is 1.40. The summed E-state index contributed by atoms with van der Waals surface area (Å²) < 4.78 is 0. The zero-order chi connectivity index (χ0) is 34.2. The first-order valence-electron chi connectivity index (χ1n) is 17.7. The number of benzene rings is 6. The highest BCUT2D eigenvalue weighted by atomic mass is 14.8. The summed E-state index contributed by atoms with van der Waals surface area (Å²) in [5.41, 5.74) is 16.6. The second kappa shape index (κ2) is 11.2. The molecule has 0 amide bonds. The van der Waals surface area contributed by atoms with Crippen molar-refractivity contribution in [3.8, 4) is 67.3 Å². The first kappa shape index (κ1) is 28.8. The maximum atomic E-state index is 5.72. The van der Waals surface area contributed by atoms with E-state index in [1.54, 1.807) is 0 Å². The maximum absolute atomic E-state index is 5.72. The molecule has 11 rings (SSSR count). The van der Waals surface area contributed by atoms with Gasteiger partial charge in [-0.15, -0.1) is 0 Å². The van der Waals surface area contributed by atoms with Crippen molar-refractivity contribution in [3.63, 3.8) is 0 Å². The van der Waals surface area contributed by atoms with E-state index in [1.165, 1.54) is 0 Å². The first-order valence-corrected chi connectivity index (χ1v) is 17.7. The molecule has 0 atom stereocenters. The highest BCUT2D eigenvalue weighted by molar-refractivity contribution is 6.17. The van der Waals surface area contributed by atoms with Crippen LogP contribution in [0.4, 0.5) is 0 Å². The summed E-state index contributed by atoms with van der Waals surface area (Å²) in [6.45, 7) is 0. The van der Waals surface area contributed by atoms with Crippen LogP contribution in [0.15, 0.2) is 170 Å². The lowest BCUT2D eigenvalue weighted by Gasteiger charge is -2.08. The molecule has 0 fully saturated rings. The third-order valence-corrected chi connectivity index (χ3v) is 10.5. The van der Waals surface area contributed by atoms with Crippen LogP contribution in [0.2, 0.25) is 0 Å². The molecular formula is C48H30N4. The van der Waals surface area contributed by atoms with Crippen LogP contribution in [0.5, 0.6) is 0 Å². The fraction of sp³-hybridized carbons (Fsp3) is 0. The van der Waals surface area contributed by atoms with E-state index in [2.05, 4.69) is 180 Å². The largest absolute Gasteiger partial charge is 0.354 e. The van der Waals surface area contributed by atoms with E-state index >= 15 is 0 Å². The number of fused-ring (bicyclic) bond motifs is 20. The molecule has 9 aromatic rings. The molecule has 6 aromatic carbocycles. The Morgan fingerprint density at radius 3 is 1.13 bits per heavy atom. The molecule has 2 aliphatic heterocycles. The second-order valence-corrected chi connectivity index (χ2v) is 13.5. The van der Waals surface area contributed by atoms with Crippen molar-refractivity contribution >= 4 is 43.6 Å². The summed E-state index contributed by atoms with van der Waals surface area (Å²) in [6.07, 6.45) is 0. The minimum absolute atomic E-state index is 0.931. The van der Waals surface area contributed by atoms with E-state index in [-0.39, 0.29) is 0 Å². The van der Waals surface area contributed by atoms with Crippen LogP contribution in [0.25, 0.3) is 111 Å². The van der Waals surface area contributed by atoms with Gasteiger partial charge in [-0.05, 0) is 23.3 Å². The van der Waals surface area contributed by atoms with Gasteiger partial charge in [-0.25, -0.2) is 9.97 Å². The van der Waals surface area contributed by atoms with Gasteiger partial charge in [0.2, 0.25) is 0 Å². The maximum Gasteiger partial charge on any atom is 0.0816 e. The first-order chi connectivity index (χ1) is 25.8. The Morgan fingerprint density at radius 2 is 0.692 bits per heavy atom. The van der Waals surface area contributed by atoms with E-state index in [0.717, 1.165) is 111 Å². The highest BCUT2D eigenvalue weighted by Gasteiger charge is 2.26. The molecule has 52 heavy (non-hydrogen) atoms. The van der Waals surface area contributed by atoms with Crippen LogP contribution < -0.4 is 0 Å². The molecule has 0 saturated carbocycles. The van der Waals surface area contributed by atoms with Crippen LogP contribution in [0, 0.1) is 0 Å². The van der Waals surface area contributed by atoms with Gasteiger partial charge in [-0.2, -0.15) is 0 Å². The summed E-state index contributed by atoms with van der Waals surface area (Å²) in [5, 5.41) is 4.56. The van der Waals surface area contributed by atoms with Gasteiger partial charge in [0.15, 0.2) is 0 Å². The van der Waals surface area contributed by atoms with Crippen LogP contribution in [-0.2, 0) is 0 Å². The van der Waals surface area contributed by atoms with Crippen LogP contribution in [-0.4, -0.2) is 19.9 Å². The fourth-order valence-electron chi connectivity index (χ4n) is 8.22. The highest BCUT2D eigenvalue weighted by Crippen LogP contribution is 2.48. The number of hydrogen-bond donors (Lipinski definition) is 2. The smallest absolute Gasteiger partial charge is 0.0816 e. The minimum Gasteiger partial charge on any atom is -0.354 e. The van der Waals surface area contributed by atoms with Gasteiger partial charge in [-0.1, -0.05) is 158 Å². The molecule has 0 spiro atoms. The topological polar surface area (TPSA) is 57.4 Å². The Kier molecular flexibility index (Phi) is 6.22. The molecule has 0 radical (unpaired) electrons. The van der Waals surface area contributed by atoms with Crippen molar-refractivity contribution in [2.45, 2.75) is 0 Å². The van der Waals surface area contributed by atoms with Gasteiger partial charge in [0.1, 0.15) is 0 Å². The second-order valence-electron chi connectivity index (χ2n) is 13.5. The van der Waals surface area contributed by atoms with Crippen LogP contribution in [0.1, 0.15) is 0 Å². The molecule has 8 bridgehead atoms. The Bertz CT molecular complexity index is 2860. The van der Waals surface area contributed by atoms with E-state index in [0.29, 0.717) is 0 Å². The van der Waals surface area contributed by atoms with Crippen LogP contribution >= 0.6 is 0 Å². The molecule has 2 N–H and O–H groups in total. The van der Waals surface area contributed by atoms with Gasteiger partial charge >= 0.3 is 0 Å². The summed E-state index contributed by atoms with van der Waals surface area (Å²) >= 11 is 0. The Hall–Kier alpha value is -7.04. The molecule has 3 aromatic heterocycles. The Labute approximate surface area is 299 Å². The average Bonchev–Trinajstić information content (AvgIpc) is 3.96. The SMILES string of the molecule is c1ccc(-c2c3nc(c(-c4ccccc4)c4[nH]c(cc5nc(cc6[nH]c2c2ccccc62)-c2ccccc2-5)c2ccccc42)-c2ccccc2-3)cc1. The molecular weight excluding hydrogens is 633 g/mol. The minimum atomic E-state index is 0.931. The summed E-state index contributed by atoms with van der Waals surface area (Å²) in [6, 6.07) is 60.3. The van der Waals surface area contributed by atoms with Crippen molar-refractivity contribution < 1.29 is 0 Å². The van der Waals surface area contributed by atoms with Gasteiger partial charge in [0, 0.05) is 66.0 Å². The van der Waals surface area contributed by atoms with Crippen molar-refractivity contribution in [1.82, 2.24) is 19.9 Å². The van der Waals surface area contributed by atoms with Crippen LogP contribution in [0.3, 0.4) is 0 Å². The summed E-state index contributed by atoms with van der Waals surface area (Å²) in [5.74, 6) is 0. The number of aromatic nitrogens is 4. The number of rotatable bonds is 2. The fourth-order valence-corrected chi connectivity index (χ4v) is 8.22. The van der Waals surface area contributed by atoms with Gasteiger partial charge < -0.3 is 9.97 Å². The Morgan fingerprint density at radius 1 is 0.327 bits per heavy atom. The van der Waals surface area contributed by atoms with Crippen molar-refractivity contribution in [3.05, 3.63) is 170 Å². The van der Waals surface area contributed by atoms with E-state index in [1.807, 2.05) is 0 Å². The molecule has 0 aliphatic carbocycles. The summed E-state index contributed by atoms with van der Waals surface area (Å²) in [4.78, 5) is 18.9. The monoisotopic (exact) mass is 662 g/mol. The number of nitrogens with one attached hydrogen (secondary N) is 2. The number of nitrogens with zero attached hydrogens (tertiary/aromatic N) is 2. The standard InChI is InChI=1S/C48H30N4/c1-3-15-29(16-4-1)43-45-35-23-11-9-21-33(35)41(50-45)27-39-31-19-7-8-20-32(31)40(49-39)28-42-34-22-10-12-24-36(34)46(51-42)44(30-17-5-2-6-18-30)48-38-26-14-13-25-37(38)47(43)52-48/h1-28,50-51H. The van der Waals surface area contributed by atoms with E-state index in [9.17, 15) is 0 Å². The predicted octanol–water partition coefficient (Wildman–Crippen LogP) is 12.6. The number of H-pyrrole nitrogens is 2. The average molecular weight is 663 g/mol. The van der Waals surface area contributed by atoms with E-state index < -0.39 is 0 Å². The zero-order valence-electron chi connectivity index (χ0n) is 28.1. The van der Waals surface area contributed by atoms with Crippen molar-refractivity contribution in [1.29, 1.82) is 0 Å². The molecule has 4 nitrogen and oxygen atoms in total. The zero-order valence-corrected chi connectivity index (χ0v) is 28.1. The van der Waals surface area contributed by atoms with E-state index in [4.69, 9.17) is 9.97 Å². The number of hydrogen-bond acceptors (Lipinski definition) is 2.